The van der Waals surface area contributed by atoms with Gasteiger partial charge in [-0.25, -0.2) is 0 Å². The third-order valence-corrected chi connectivity index (χ3v) is 6.32. The molecule has 2 aliphatic rings. The van der Waals surface area contributed by atoms with Crippen molar-refractivity contribution in [2.24, 2.45) is 17.8 Å². The smallest absolute Gasteiger partial charge is 0.000835 e. The number of allylic oxidation sites excluding steroid dienone is 4. The summed E-state index contributed by atoms with van der Waals surface area (Å²) in [6.45, 7) is 4.33. The summed E-state index contributed by atoms with van der Waals surface area (Å²) in [4.78, 5) is 0. The lowest BCUT2D eigenvalue weighted by atomic mass is 9.88. The van der Waals surface area contributed by atoms with Crippen LogP contribution in [0.25, 0.3) is 6.08 Å². The van der Waals surface area contributed by atoms with Crippen LogP contribution in [0.15, 0.2) is 60.2 Å². The van der Waals surface area contributed by atoms with Crippen LogP contribution >= 0.6 is 0 Å². The highest BCUT2D eigenvalue weighted by molar-refractivity contribution is 5.55. The molecule has 1 fully saturated rings. The molecule has 2 bridgehead atoms. The van der Waals surface area contributed by atoms with Crippen LogP contribution in [0.3, 0.4) is 0 Å². The van der Waals surface area contributed by atoms with Crippen molar-refractivity contribution in [2.45, 2.75) is 58.3 Å². The van der Waals surface area contributed by atoms with Gasteiger partial charge in [-0.15, -0.1) is 0 Å². The van der Waals surface area contributed by atoms with E-state index >= 15 is 0 Å². The SMILES string of the molecule is C/C=C\C(=C/c1ccccc1)CCNCCCCC1CC2CC=CCC1C2. The van der Waals surface area contributed by atoms with E-state index in [1.54, 1.807) is 0 Å². The van der Waals surface area contributed by atoms with E-state index in [9.17, 15) is 0 Å². The number of hydrogen-bond donors (Lipinski definition) is 1. The van der Waals surface area contributed by atoms with Crippen LogP contribution in [0.1, 0.15) is 63.9 Å². The van der Waals surface area contributed by atoms with E-state index in [0.29, 0.717) is 0 Å². The second kappa shape index (κ2) is 11.3. The molecule has 3 rings (SSSR count). The lowest BCUT2D eigenvalue weighted by molar-refractivity contribution is 0.352. The van der Waals surface area contributed by atoms with E-state index in [-0.39, 0.29) is 0 Å². The molecule has 1 nitrogen and oxygen atoms in total. The van der Waals surface area contributed by atoms with Gasteiger partial charge in [0.15, 0.2) is 0 Å². The van der Waals surface area contributed by atoms with Gasteiger partial charge in [-0.1, -0.05) is 73.6 Å². The van der Waals surface area contributed by atoms with Gasteiger partial charge in [0, 0.05) is 0 Å². The fraction of sp³-hybridized carbons (Fsp3) is 0.538. The Morgan fingerprint density at radius 3 is 2.74 bits per heavy atom. The van der Waals surface area contributed by atoms with Crippen LogP contribution in [0.4, 0.5) is 0 Å². The topological polar surface area (TPSA) is 12.0 Å². The molecule has 1 aromatic rings. The maximum Gasteiger partial charge on any atom is -0.000835 e. The van der Waals surface area contributed by atoms with Crippen molar-refractivity contribution < 1.29 is 0 Å². The van der Waals surface area contributed by atoms with Gasteiger partial charge in [0.1, 0.15) is 0 Å². The van der Waals surface area contributed by atoms with E-state index in [1.807, 2.05) is 0 Å². The monoisotopic (exact) mass is 363 g/mol. The molecule has 0 saturated heterocycles. The number of unbranched alkanes of at least 4 members (excludes halogenated alkanes) is 1. The van der Waals surface area contributed by atoms with Gasteiger partial charge in [0.25, 0.3) is 0 Å². The Morgan fingerprint density at radius 2 is 1.89 bits per heavy atom. The Bertz CT molecular complexity index is 625. The Morgan fingerprint density at radius 1 is 1.04 bits per heavy atom. The summed E-state index contributed by atoms with van der Waals surface area (Å²) in [5, 5.41) is 3.66. The summed E-state index contributed by atoms with van der Waals surface area (Å²) in [7, 11) is 0. The molecule has 27 heavy (non-hydrogen) atoms. The van der Waals surface area contributed by atoms with Crippen molar-refractivity contribution in [1.82, 2.24) is 5.32 Å². The van der Waals surface area contributed by atoms with E-state index in [1.165, 1.54) is 56.1 Å². The first-order valence-corrected chi connectivity index (χ1v) is 11.1. The predicted octanol–water partition coefficient (Wildman–Crippen LogP) is 6.79. The van der Waals surface area contributed by atoms with Crippen molar-refractivity contribution in [3.8, 4) is 0 Å². The predicted molar refractivity (Wildman–Crippen MR) is 119 cm³/mol. The van der Waals surface area contributed by atoms with Crippen molar-refractivity contribution >= 4 is 6.08 Å². The summed E-state index contributed by atoms with van der Waals surface area (Å²) in [6.07, 6.45) is 22.5. The summed E-state index contributed by atoms with van der Waals surface area (Å²) in [5.74, 6) is 3.00. The van der Waals surface area contributed by atoms with Gasteiger partial charge in [-0.3, -0.25) is 0 Å². The summed E-state index contributed by atoms with van der Waals surface area (Å²) >= 11 is 0. The van der Waals surface area contributed by atoms with Crippen LogP contribution in [0.5, 0.6) is 0 Å². The molecule has 3 unspecified atom stereocenters. The Labute approximate surface area is 166 Å². The van der Waals surface area contributed by atoms with Crippen LogP contribution in [0, 0.1) is 17.8 Å². The molecule has 3 atom stereocenters. The van der Waals surface area contributed by atoms with Crippen molar-refractivity contribution in [1.29, 1.82) is 0 Å². The van der Waals surface area contributed by atoms with E-state index in [4.69, 9.17) is 0 Å². The third kappa shape index (κ3) is 6.81. The zero-order chi connectivity index (χ0) is 18.7. The fourth-order valence-corrected chi connectivity index (χ4v) is 4.93. The molecular formula is C26H37N. The Hall–Kier alpha value is -1.60. The van der Waals surface area contributed by atoms with E-state index in [0.717, 1.165) is 37.3 Å². The van der Waals surface area contributed by atoms with Gasteiger partial charge in [0.2, 0.25) is 0 Å². The number of rotatable bonds is 10. The first kappa shape index (κ1) is 20.1. The van der Waals surface area contributed by atoms with Crippen LogP contribution in [-0.2, 0) is 0 Å². The molecule has 0 aromatic heterocycles. The summed E-state index contributed by atoms with van der Waals surface area (Å²) in [5.41, 5.74) is 2.69. The Kier molecular flexibility index (Phi) is 8.42. The molecule has 0 amide bonds. The second-order valence-corrected chi connectivity index (χ2v) is 8.43. The number of hydrogen-bond acceptors (Lipinski definition) is 1. The average molecular weight is 364 g/mol. The fourth-order valence-electron chi connectivity index (χ4n) is 4.93. The van der Waals surface area contributed by atoms with Crippen molar-refractivity contribution in [3.05, 3.63) is 65.8 Å². The largest absolute Gasteiger partial charge is 0.316 e. The lowest BCUT2D eigenvalue weighted by Gasteiger charge is -2.18. The number of nitrogens with one attached hydrogen (secondary N) is 1. The van der Waals surface area contributed by atoms with Gasteiger partial charge in [0.05, 0.1) is 0 Å². The number of benzene rings is 1. The molecule has 146 valence electrons. The van der Waals surface area contributed by atoms with Crippen molar-refractivity contribution in [2.75, 3.05) is 13.1 Å². The van der Waals surface area contributed by atoms with Crippen LogP contribution in [-0.4, -0.2) is 13.1 Å². The summed E-state index contributed by atoms with van der Waals surface area (Å²) in [6, 6.07) is 10.6. The standard InChI is InChI=1S/C26H37N/c1-2-10-22(19-23-11-4-3-5-12-23)16-18-27-17-9-8-15-26-21-24-13-6-7-14-25(26)20-24/h2-7,10-12,19,24-27H,8-9,13-18,20-21H2,1H3/b10-2-,22-19+. The Balaban J connectivity index is 1.29. The average Bonchev–Trinajstić information content (AvgIpc) is 2.90. The molecular weight excluding hydrogens is 326 g/mol. The first-order chi connectivity index (χ1) is 13.3. The second-order valence-electron chi connectivity index (χ2n) is 8.43. The molecule has 1 aromatic carbocycles. The highest BCUT2D eigenvalue weighted by Gasteiger charge is 2.33. The van der Waals surface area contributed by atoms with Gasteiger partial charge < -0.3 is 5.32 Å². The maximum atomic E-state index is 3.66. The van der Waals surface area contributed by atoms with Gasteiger partial charge in [-0.2, -0.15) is 0 Å². The zero-order valence-corrected chi connectivity index (χ0v) is 17.1. The van der Waals surface area contributed by atoms with Crippen LogP contribution < -0.4 is 5.32 Å². The van der Waals surface area contributed by atoms with Gasteiger partial charge in [-0.05, 0) is 87.4 Å². The molecule has 1 N–H and O–H groups in total. The minimum Gasteiger partial charge on any atom is -0.316 e. The highest BCUT2D eigenvalue weighted by atomic mass is 14.8. The minimum atomic E-state index is 0.994. The molecule has 1 saturated carbocycles. The molecule has 2 aliphatic carbocycles. The normalized spacial score (nSPS) is 25.2. The maximum absolute atomic E-state index is 3.66. The highest BCUT2D eigenvalue weighted by Crippen LogP contribution is 2.44. The number of fused-ring (bicyclic) bond motifs is 2. The van der Waals surface area contributed by atoms with Crippen LogP contribution in [0.2, 0.25) is 0 Å². The summed E-state index contributed by atoms with van der Waals surface area (Å²) < 4.78 is 0. The molecule has 0 radical (unpaired) electrons. The third-order valence-electron chi connectivity index (χ3n) is 6.32. The molecule has 1 heteroatoms. The quantitative estimate of drug-likeness (QED) is 0.274. The first-order valence-electron chi connectivity index (χ1n) is 11.1. The van der Waals surface area contributed by atoms with E-state index < -0.39 is 0 Å². The van der Waals surface area contributed by atoms with E-state index in [2.05, 4.69) is 73.0 Å². The van der Waals surface area contributed by atoms with Gasteiger partial charge >= 0.3 is 0 Å². The van der Waals surface area contributed by atoms with Crippen molar-refractivity contribution in [3.63, 3.8) is 0 Å². The molecule has 0 heterocycles. The molecule has 0 aliphatic heterocycles. The lowest BCUT2D eigenvalue weighted by Crippen LogP contribution is -2.17. The molecule has 0 spiro atoms. The minimum absolute atomic E-state index is 0.994. The zero-order valence-electron chi connectivity index (χ0n) is 17.1.